The van der Waals surface area contributed by atoms with Crippen molar-refractivity contribution in [3.05, 3.63) is 35.1 Å². The highest BCUT2D eigenvalue weighted by molar-refractivity contribution is 5.75. The molecule has 0 aliphatic rings. The van der Waals surface area contributed by atoms with Crippen LogP contribution in [0.15, 0.2) is 18.2 Å². The van der Waals surface area contributed by atoms with Gasteiger partial charge in [-0.25, -0.2) is 4.39 Å². The smallest absolute Gasteiger partial charge is 0.322 e. The molecule has 82 valence electrons. The fourth-order valence-corrected chi connectivity index (χ4v) is 1.25. The minimum atomic E-state index is -0.739. The predicted molar refractivity (Wildman–Crippen MR) is 54.8 cm³/mol. The number of carbonyl (C=O) groups excluding carboxylic acids is 1. The molecule has 1 rings (SSSR count). The zero-order valence-corrected chi connectivity index (χ0v) is 8.79. The maximum Gasteiger partial charge on any atom is 0.322 e. The number of ether oxygens (including phenoxy) is 1. The van der Waals surface area contributed by atoms with Gasteiger partial charge in [0.05, 0.1) is 7.11 Å². The van der Waals surface area contributed by atoms with Gasteiger partial charge in [0, 0.05) is 0 Å². The van der Waals surface area contributed by atoms with Crippen molar-refractivity contribution >= 4 is 5.97 Å². The summed E-state index contributed by atoms with van der Waals surface area (Å²) in [7, 11) is 1.28. The molecule has 0 bridgehead atoms. The van der Waals surface area contributed by atoms with E-state index in [9.17, 15) is 9.18 Å². The van der Waals surface area contributed by atoms with Crippen LogP contribution in [0.4, 0.5) is 4.39 Å². The third-order valence-electron chi connectivity index (χ3n) is 2.20. The van der Waals surface area contributed by atoms with E-state index in [1.54, 1.807) is 19.1 Å². The molecular weight excluding hydrogens is 197 g/mol. The summed E-state index contributed by atoms with van der Waals surface area (Å²) in [5.41, 5.74) is 6.82. The van der Waals surface area contributed by atoms with Gasteiger partial charge in [-0.1, -0.05) is 12.1 Å². The zero-order valence-electron chi connectivity index (χ0n) is 8.79. The molecule has 0 spiro atoms. The molecule has 0 amide bonds. The number of halogens is 1. The van der Waals surface area contributed by atoms with Crippen LogP contribution in [-0.2, 0) is 16.0 Å². The Morgan fingerprint density at radius 2 is 2.27 bits per heavy atom. The van der Waals surface area contributed by atoms with Crippen molar-refractivity contribution in [2.75, 3.05) is 7.11 Å². The van der Waals surface area contributed by atoms with Crippen molar-refractivity contribution in [3.8, 4) is 0 Å². The lowest BCUT2D eigenvalue weighted by Crippen LogP contribution is -2.33. The molecule has 2 N–H and O–H groups in total. The van der Waals surface area contributed by atoms with E-state index in [4.69, 9.17) is 5.73 Å². The number of aryl methyl sites for hydroxylation is 1. The molecule has 4 heteroatoms. The number of nitrogens with two attached hydrogens (primary N) is 1. The maximum atomic E-state index is 13.2. The molecule has 0 aliphatic carbocycles. The van der Waals surface area contributed by atoms with Gasteiger partial charge in [0.15, 0.2) is 0 Å². The molecule has 1 aromatic rings. The SMILES string of the molecule is COC(=O)C(N)Cc1ccc(C)c(F)c1. The fourth-order valence-electron chi connectivity index (χ4n) is 1.25. The van der Waals surface area contributed by atoms with Gasteiger partial charge in [0.2, 0.25) is 0 Å². The van der Waals surface area contributed by atoms with Crippen LogP contribution in [0.5, 0.6) is 0 Å². The summed E-state index contributed by atoms with van der Waals surface area (Å²) in [6, 6.07) is 4.06. The average molecular weight is 211 g/mol. The van der Waals surface area contributed by atoms with E-state index in [1.807, 2.05) is 0 Å². The second-order valence-electron chi connectivity index (χ2n) is 3.42. The summed E-state index contributed by atoms with van der Waals surface area (Å²) < 4.78 is 17.6. The van der Waals surface area contributed by atoms with E-state index in [0.29, 0.717) is 11.1 Å². The zero-order chi connectivity index (χ0) is 11.4. The lowest BCUT2D eigenvalue weighted by atomic mass is 10.0. The summed E-state index contributed by atoms with van der Waals surface area (Å²) in [6.45, 7) is 1.68. The Bertz CT molecular complexity index is 366. The van der Waals surface area contributed by atoms with Crippen LogP contribution in [0.1, 0.15) is 11.1 Å². The summed E-state index contributed by atoms with van der Waals surface area (Å²) in [5, 5.41) is 0. The third-order valence-corrected chi connectivity index (χ3v) is 2.20. The van der Waals surface area contributed by atoms with Crippen LogP contribution in [0.3, 0.4) is 0 Å². The first-order chi connectivity index (χ1) is 7.04. The highest BCUT2D eigenvalue weighted by atomic mass is 19.1. The van der Waals surface area contributed by atoms with E-state index in [-0.39, 0.29) is 12.2 Å². The van der Waals surface area contributed by atoms with Gasteiger partial charge >= 0.3 is 5.97 Å². The summed E-state index contributed by atoms with van der Waals surface area (Å²) in [5.74, 6) is -0.777. The third kappa shape index (κ3) is 3.02. The number of methoxy groups -OCH3 is 1. The van der Waals surface area contributed by atoms with Crippen LogP contribution in [0.2, 0.25) is 0 Å². The molecule has 0 saturated carbocycles. The summed E-state index contributed by atoms with van der Waals surface area (Å²) in [6.07, 6.45) is 0.282. The van der Waals surface area contributed by atoms with Crippen LogP contribution >= 0.6 is 0 Å². The van der Waals surface area contributed by atoms with E-state index >= 15 is 0 Å². The van der Waals surface area contributed by atoms with Crippen LogP contribution < -0.4 is 5.73 Å². The molecule has 15 heavy (non-hydrogen) atoms. The average Bonchev–Trinajstić information content (AvgIpc) is 2.22. The van der Waals surface area contributed by atoms with Crippen LogP contribution in [0.25, 0.3) is 0 Å². The van der Waals surface area contributed by atoms with Gasteiger partial charge in [-0.05, 0) is 30.5 Å². The fraction of sp³-hybridized carbons (Fsp3) is 0.364. The summed E-state index contributed by atoms with van der Waals surface area (Å²) >= 11 is 0. The second kappa shape index (κ2) is 4.89. The largest absolute Gasteiger partial charge is 0.468 e. The van der Waals surface area contributed by atoms with Crippen molar-refractivity contribution in [1.29, 1.82) is 0 Å². The second-order valence-corrected chi connectivity index (χ2v) is 3.42. The molecule has 1 atom stereocenters. The lowest BCUT2D eigenvalue weighted by Gasteiger charge is -2.09. The first kappa shape index (κ1) is 11.7. The molecular formula is C11H14FNO2. The number of hydrogen-bond donors (Lipinski definition) is 1. The Balaban J connectivity index is 2.73. The Kier molecular flexibility index (Phi) is 3.80. The molecule has 0 fully saturated rings. The first-order valence-corrected chi connectivity index (χ1v) is 4.63. The molecule has 1 unspecified atom stereocenters. The normalized spacial score (nSPS) is 12.3. The minimum Gasteiger partial charge on any atom is -0.468 e. The maximum absolute atomic E-state index is 13.2. The van der Waals surface area contributed by atoms with Gasteiger partial charge in [-0.2, -0.15) is 0 Å². The Labute approximate surface area is 88.0 Å². The highest BCUT2D eigenvalue weighted by Gasteiger charge is 2.14. The highest BCUT2D eigenvalue weighted by Crippen LogP contribution is 2.10. The number of benzene rings is 1. The van der Waals surface area contributed by atoms with Crippen molar-refractivity contribution < 1.29 is 13.9 Å². The van der Waals surface area contributed by atoms with Gasteiger partial charge in [0.25, 0.3) is 0 Å². The van der Waals surface area contributed by atoms with Gasteiger partial charge in [-0.15, -0.1) is 0 Å². The Morgan fingerprint density at radius 1 is 1.60 bits per heavy atom. The van der Waals surface area contributed by atoms with Gasteiger partial charge in [-0.3, -0.25) is 4.79 Å². The number of esters is 1. The lowest BCUT2D eigenvalue weighted by molar-refractivity contribution is -0.142. The van der Waals surface area contributed by atoms with Crippen LogP contribution in [-0.4, -0.2) is 19.1 Å². The number of rotatable bonds is 3. The molecule has 1 aromatic carbocycles. The quantitative estimate of drug-likeness (QED) is 0.764. The standard InChI is InChI=1S/C11H14FNO2/c1-7-3-4-8(5-9(7)12)6-10(13)11(14)15-2/h3-5,10H,6,13H2,1-2H3. The topological polar surface area (TPSA) is 52.3 Å². The molecule has 0 radical (unpaired) electrons. The van der Waals surface area contributed by atoms with Crippen molar-refractivity contribution in [2.24, 2.45) is 5.73 Å². The minimum absolute atomic E-state index is 0.282. The van der Waals surface area contributed by atoms with Crippen molar-refractivity contribution in [1.82, 2.24) is 0 Å². The number of hydrogen-bond acceptors (Lipinski definition) is 3. The van der Waals surface area contributed by atoms with E-state index in [1.165, 1.54) is 13.2 Å². The molecule has 0 aliphatic heterocycles. The Morgan fingerprint density at radius 3 is 2.80 bits per heavy atom. The van der Waals surface area contributed by atoms with Crippen LogP contribution in [0, 0.1) is 12.7 Å². The molecule has 0 saturated heterocycles. The van der Waals surface area contributed by atoms with Crippen molar-refractivity contribution in [2.45, 2.75) is 19.4 Å². The van der Waals surface area contributed by atoms with E-state index in [2.05, 4.69) is 4.74 Å². The monoisotopic (exact) mass is 211 g/mol. The summed E-state index contributed by atoms with van der Waals surface area (Å²) in [4.78, 5) is 11.0. The van der Waals surface area contributed by atoms with Gasteiger partial charge in [0.1, 0.15) is 11.9 Å². The molecule has 3 nitrogen and oxygen atoms in total. The molecule has 0 heterocycles. The first-order valence-electron chi connectivity index (χ1n) is 4.63. The molecule has 0 aromatic heterocycles. The predicted octanol–water partition coefficient (Wildman–Crippen LogP) is 1.18. The Hall–Kier alpha value is -1.42. The number of carbonyl (C=O) groups is 1. The van der Waals surface area contributed by atoms with E-state index in [0.717, 1.165) is 0 Å². The van der Waals surface area contributed by atoms with Gasteiger partial charge < -0.3 is 10.5 Å². The van der Waals surface area contributed by atoms with Crippen molar-refractivity contribution in [3.63, 3.8) is 0 Å². The van der Waals surface area contributed by atoms with E-state index < -0.39 is 12.0 Å².